The fraction of sp³-hybridized carbons (Fsp3) is 0.222. The van der Waals surface area contributed by atoms with E-state index in [-0.39, 0.29) is 31.4 Å². The van der Waals surface area contributed by atoms with E-state index in [1.54, 1.807) is 74.5 Å². The van der Waals surface area contributed by atoms with Gasteiger partial charge in [0.15, 0.2) is 0 Å². The molecule has 0 aliphatic heterocycles. The first-order chi connectivity index (χ1) is 17.5. The molecular formula is C27H31N3O7. The number of ether oxygens (including phenoxy) is 2. The zero-order chi connectivity index (χ0) is 28.0. The largest absolute Gasteiger partial charge is 0.481 e. The van der Waals surface area contributed by atoms with Gasteiger partial charge in [0.1, 0.15) is 18.1 Å². The zero-order valence-electron chi connectivity index (χ0n) is 21.0. The molecule has 1 amide bonds. The van der Waals surface area contributed by atoms with Crippen molar-refractivity contribution < 1.29 is 33.8 Å². The number of rotatable bonds is 10. The van der Waals surface area contributed by atoms with Crippen molar-refractivity contribution in [3.05, 3.63) is 83.4 Å². The lowest BCUT2D eigenvalue weighted by atomic mass is 10.1. The molecule has 0 aliphatic carbocycles. The van der Waals surface area contributed by atoms with Crippen molar-refractivity contribution in [2.45, 2.75) is 20.8 Å². The van der Waals surface area contributed by atoms with E-state index in [0.29, 0.717) is 28.0 Å². The predicted molar refractivity (Wildman–Crippen MR) is 139 cm³/mol. The lowest BCUT2D eigenvalue weighted by Gasteiger charge is -2.20. The van der Waals surface area contributed by atoms with Gasteiger partial charge in [0.05, 0.1) is 12.2 Å². The third-order valence-electron chi connectivity index (χ3n) is 4.50. The van der Waals surface area contributed by atoms with Gasteiger partial charge in [0, 0.05) is 24.6 Å². The minimum absolute atomic E-state index is 0.0706. The summed E-state index contributed by atoms with van der Waals surface area (Å²) in [6, 6.07) is 12.9. The third-order valence-corrected chi connectivity index (χ3v) is 4.50. The average Bonchev–Trinajstić information content (AvgIpc) is 2.84. The van der Waals surface area contributed by atoms with E-state index in [1.807, 2.05) is 0 Å². The Balaban J connectivity index is 0.00000159. The molecule has 0 aliphatic rings. The summed E-state index contributed by atoms with van der Waals surface area (Å²) in [5.74, 6) is -1.92. The second-order valence-corrected chi connectivity index (χ2v) is 7.58. The lowest BCUT2D eigenvalue weighted by molar-refractivity contribution is -0.147. The Bertz CT molecular complexity index is 1150. The number of amides is 1. The molecule has 0 heterocycles. The number of aliphatic carboxylic acids is 1. The molecule has 0 saturated carbocycles. The zero-order valence-corrected chi connectivity index (χ0v) is 21.0. The second-order valence-electron chi connectivity index (χ2n) is 7.58. The number of nitrogen functional groups attached to an aromatic ring is 1. The van der Waals surface area contributed by atoms with Crippen LogP contribution in [0, 0.1) is 5.41 Å². The minimum Gasteiger partial charge on any atom is -0.481 e. The van der Waals surface area contributed by atoms with Crippen molar-refractivity contribution in [2.24, 2.45) is 5.73 Å². The molecule has 2 aromatic rings. The van der Waals surface area contributed by atoms with Gasteiger partial charge >= 0.3 is 11.9 Å². The summed E-state index contributed by atoms with van der Waals surface area (Å²) in [5.41, 5.74) is 7.40. The SMILES string of the molecule is C=CCN(CC(=O)OCC)C(=O)C(C)=Cc1ccc(C(=O)Oc2ccc(C(=N)N)cc2)cc1.CC(=O)O. The van der Waals surface area contributed by atoms with E-state index in [1.165, 1.54) is 4.90 Å². The van der Waals surface area contributed by atoms with Crippen LogP contribution in [-0.4, -0.2) is 59.4 Å². The molecule has 0 unspecified atom stereocenters. The van der Waals surface area contributed by atoms with Gasteiger partial charge in [0.25, 0.3) is 5.97 Å². The first-order valence-corrected chi connectivity index (χ1v) is 11.2. The van der Waals surface area contributed by atoms with Crippen LogP contribution in [0.5, 0.6) is 5.75 Å². The number of carbonyl (C=O) groups is 4. The number of amidine groups is 1. The summed E-state index contributed by atoms with van der Waals surface area (Å²) in [6.07, 6.45) is 3.21. The molecular weight excluding hydrogens is 478 g/mol. The average molecular weight is 510 g/mol. The Kier molecular flexibility index (Phi) is 12.5. The second kappa shape index (κ2) is 15.3. The summed E-state index contributed by atoms with van der Waals surface area (Å²) in [7, 11) is 0. The van der Waals surface area contributed by atoms with Gasteiger partial charge in [-0.15, -0.1) is 6.58 Å². The number of carboxylic acid groups (broad SMARTS) is 1. The first-order valence-electron chi connectivity index (χ1n) is 11.2. The molecule has 10 heteroatoms. The maximum Gasteiger partial charge on any atom is 0.343 e. The Morgan fingerprint density at radius 3 is 2.05 bits per heavy atom. The number of nitrogens with two attached hydrogens (primary N) is 1. The lowest BCUT2D eigenvalue weighted by Crippen LogP contribution is -2.37. The van der Waals surface area contributed by atoms with Crippen LogP contribution in [0.2, 0.25) is 0 Å². The molecule has 0 fully saturated rings. The Morgan fingerprint density at radius 1 is 1.03 bits per heavy atom. The Labute approximate surface area is 215 Å². The van der Waals surface area contributed by atoms with Crippen LogP contribution < -0.4 is 10.5 Å². The summed E-state index contributed by atoms with van der Waals surface area (Å²) in [4.78, 5) is 47.2. The molecule has 0 spiro atoms. The van der Waals surface area contributed by atoms with E-state index < -0.39 is 17.9 Å². The summed E-state index contributed by atoms with van der Waals surface area (Å²) >= 11 is 0. The number of carboxylic acids is 1. The van der Waals surface area contributed by atoms with Crippen LogP contribution in [0.25, 0.3) is 6.08 Å². The smallest absolute Gasteiger partial charge is 0.343 e. The number of carbonyl (C=O) groups excluding carboxylic acids is 3. The minimum atomic E-state index is -0.833. The predicted octanol–water partition coefficient (Wildman–Crippen LogP) is 3.26. The molecule has 0 aromatic heterocycles. The van der Waals surface area contributed by atoms with Crippen molar-refractivity contribution in [1.29, 1.82) is 5.41 Å². The van der Waals surface area contributed by atoms with Crippen molar-refractivity contribution in [3.63, 3.8) is 0 Å². The van der Waals surface area contributed by atoms with E-state index in [4.69, 9.17) is 30.5 Å². The van der Waals surface area contributed by atoms with Gasteiger partial charge in [0.2, 0.25) is 5.91 Å². The van der Waals surface area contributed by atoms with Crippen LogP contribution >= 0.6 is 0 Å². The highest BCUT2D eigenvalue weighted by Crippen LogP contribution is 2.16. The van der Waals surface area contributed by atoms with Gasteiger partial charge in [-0.1, -0.05) is 18.2 Å². The van der Waals surface area contributed by atoms with Gasteiger partial charge in [-0.3, -0.25) is 19.8 Å². The number of hydrogen-bond acceptors (Lipinski definition) is 7. The molecule has 0 atom stereocenters. The van der Waals surface area contributed by atoms with Crippen LogP contribution in [0.1, 0.15) is 42.3 Å². The highest BCUT2D eigenvalue weighted by molar-refractivity contribution is 5.99. The highest BCUT2D eigenvalue weighted by Gasteiger charge is 2.18. The number of nitrogens with one attached hydrogen (secondary N) is 1. The fourth-order valence-electron chi connectivity index (χ4n) is 2.88. The summed E-state index contributed by atoms with van der Waals surface area (Å²) in [6.45, 7) is 8.34. The molecule has 2 rings (SSSR count). The molecule has 10 nitrogen and oxygen atoms in total. The first kappa shape index (κ1) is 30.3. The maximum absolute atomic E-state index is 12.7. The molecule has 2 aromatic carbocycles. The van der Waals surface area contributed by atoms with E-state index in [2.05, 4.69) is 6.58 Å². The third kappa shape index (κ3) is 11.0. The summed E-state index contributed by atoms with van der Waals surface area (Å²) < 4.78 is 10.2. The van der Waals surface area contributed by atoms with Crippen molar-refractivity contribution >= 4 is 35.7 Å². The van der Waals surface area contributed by atoms with Crippen molar-refractivity contribution in [2.75, 3.05) is 19.7 Å². The fourth-order valence-corrected chi connectivity index (χ4v) is 2.88. The van der Waals surface area contributed by atoms with Gasteiger partial charge in [-0.2, -0.15) is 0 Å². The van der Waals surface area contributed by atoms with E-state index in [9.17, 15) is 14.4 Å². The Hall–Kier alpha value is -4.73. The van der Waals surface area contributed by atoms with Gasteiger partial charge in [-0.25, -0.2) is 4.79 Å². The van der Waals surface area contributed by atoms with Gasteiger partial charge in [-0.05, 0) is 61.9 Å². The quantitative estimate of drug-likeness (QED) is 0.110. The standard InChI is InChI=1S/C25H27N3O5.C2H4O2/c1-4-14-28(16-22(29)32-5-2)24(30)17(3)15-18-6-8-20(9-7-18)25(31)33-21-12-10-19(11-13-21)23(26)27;1-2(3)4/h4,6-13,15H,1,5,14,16H2,2-3H3,(H3,26,27);1H3,(H,3,4). The maximum atomic E-state index is 12.7. The number of benzene rings is 2. The van der Waals surface area contributed by atoms with E-state index >= 15 is 0 Å². The molecule has 0 saturated heterocycles. The highest BCUT2D eigenvalue weighted by atomic mass is 16.5. The monoisotopic (exact) mass is 509 g/mol. The van der Waals surface area contributed by atoms with Crippen LogP contribution in [0.3, 0.4) is 0 Å². The molecule has 196 valence electrons. The van der Waals surface area contributed by atoms with Crippen LogP contribution in [0.4, 0.5) is 0 Å². The number of hydrogen-bond donors (Lipinski definition) is 3. The van der Waals surface area contributed by atoms with Crippen molar-refractivity contribution in [3.8, 4) is 5.75 Å². The number of esters is 2. The normalized spacial score (nSPS) is 10.3. The molecule has 4 N–H and O–H groups in total. The number of nitrogens with zero attached hydrogens (tertiary/aromatic N) is 1. The van der Waals surface area contributed by atoms with Crippen LogP contribution in [-0.2, 0) is 19.1 Å². The molecule has 37 heavy (non-hydrogen) atoms. The molecule has 0 radical (unpaired) electrons. The van der Waals surface area contributed by atoms with Crippen LogP contribution in [0.15, 0.2) is 66.8 Å². The van der Waals surface area contributed by atoms with Gasteiger partial charge < -0.3 is 25.2 Å². The van der Waals surface area contributed by atoms with Crippen molar-refractivity contribution in [1.82, 2.24) is 4.90 Å². The Morgan fingerprint density at radius 2 is 1.57 bits per heavy atom. The topological polar surface area (TPSA) is 160 Å². The summed E-state index contributed by atoms with van der Waals surface area (Å²) in [5, 5.41) is 14.8. The molecule has 0 bridgehead atoms. The van der Waals surface area contributed by atoms with E-state index in [0.717, 1.165) is 6.92 Å².